The largest absolute Gasteiger partial charge is 0.479 e. The van der Waals surface area contributed by atoms with Crippen molar-refractivity contribution >= 4 is 106 Å². The zero-order valence-electron chi connectivity index (χ0n) is 43.6. The number of hydrogen-bond donors (Lipinski definition) is 8. The molecule has 20 nitrogen and oxygen atoms in total. The lowest BCUT2D eigenvalue weighted by atomic mass is 10.1. The zero-order valence-corrected chi connectivity index (χ0v) is 46.9. The third kappa shape index (κ3) is 17.4. The molecule has 6 atom stereocenters. The smallest absolute Gasteiger partial charge is 0.330 e. The van der Waals surface area contributed by atoms with Crippen LogP contribution in [0.3, 0.4) is 0 Å². The number of nitrogens with zero attached hydrogens (tertiary/aromatic N) is 2. The molecular formula is C52H73N9O11S4. The number of carbonyl (C=O) groups excluding carboxylic acids is 9. The van der Waals surface area contributed by atoms with Gasteiger partial charge in [0.2, 0.25) is 41.1 Å². The second-order valence-electron chi connectivity index (χ2n) is 18.8. The van der Waals surface area contributed by atoms with Crippen LogP contribution in [0.1, 0.15) is 102 Å². The van der Waals surface area contributed by atoms with Gasteiger partial charge in [-0.3, -0.25) is 53.0 Å². The lowest BCUT2D eigenvalue weighted by molar-refractivity contribution is -0.142. The van der Waals surface area contributed by atoms with E-state index < -0.39 is 84.3 Å². The molecule has 2 aromatic carbocycles. The van der Waals surface area contributed by atoms with Gasteiger partial charge in [-0.1, -0.05) is 101 Å². The highest BCUT2D eigenvalue weighted by Crippen LogP contribution is 2.51. The van der Waals surface area contributed by atoms with Crippen LogP contribution in [0.4, 0.5) is 0 Å². The molecule has 0 saturated carbocycles. The summed E-state index contributed by atoms with van der Waals surface area (Å²) >= 11 is 7.63. The number of aliphatic carboxylic acids is 1. The first-order chi connectivity index (χ1) is 36.4. The van der Waals surface area contributed by atoms with Gasteiger partial charge in [0.15, 0.2) is 6.04 Å². The number of Topliss-reactive ketones (excluding diaryl/α,β-unsaturated/α-hetero) is 2. The van der Waals surface area contributed by atoms with E-state index in [1.54, 1.807) is 60.7 Å². The Morgan fingerprint density at radius 3 is 1.29 bits per heavy atom. The second-order valence-corrected chi connectivity index (χ2v) is 25.3. The number of carboxylic acid groups (broad SMARTS) is 1. The molecule has 4 aliphatic rings. The monoisotopic (exact) mass is 1130 g/mol. The molecule has 24 heteroatoms. The van der Waals surface area contributed by atoms with Crippen LogP contribution in [0.15, 0.2) is 60.7 Å². The van der Waals surface area contributed by atoms with Crippen molar-refractivity contribution in [3.63, 3.8) is 0 Å². The lowest BCUT2D eigenvalue weighted by Crippen LogP contribution is -2.53. The zero-order chi connectivity index (χ0) is 55.4. The molecule has 0 aliphatic carbocycles. The minimum atomic E-state index is -1.29. The number of carbonyl (C=O) groups is 10. The highest BCUT2D eigenvalue weighted by molar-refractivity contribution is 8.19. The van der Waals surface area contributed by atoms with E-state index in [1.807, 2.05) is 74.7 Å². The van der Waals surface area contributed by atoms with Crippen LogP contribution in [-0.4, -0.2) is 168 Å². The van der Waals surface area contributed by atoms with E-state index in [2.05, 4.69) is 41.7 Å². The Morgan fingerprint density at radius 2 is 0.947 bits per heavy atom. The van der Waals surface area contributed by atoms with E-state index in [1.165, 1.54) is 0 Å². The lowest BCUT2D eigenvalue weighted by Gasteiger charge is -2.31. The standard InChI is InChI=1S/C26H37N5O5S2.C26H36N4O6S2/c1-3-9-18(29-24(35)19-14-26(16-31(19)4-2)37-12-8-13-38-26)22(33)25(36)28-15-20(32)30-21(23(27)34)17-10-6-5-7-11-17;1-3-9-18(28-23(33)19-14-26(16-30(19)4-2)37-12-8-13-38-26)22(32)24(34)27-15-20(31)29-21(25(35)36)17-10-6-5-7-11-17/h5-7,10-11,18-19,21H,3-4,8-9,12-16H2,1-2H3,(H2,27,34)(H,28,36)(H,29,35)(H,30,32);5-7,10-11,18-19,21H,3-4,8-9,12-16H2,1-2H3,(H,27,34)(H,28,33)(H,29,31)(H,35,36)/t2*18?,19-,21-/m00/s1. The number of primary amides is 1. The Bertz CT molecular complexity index is 2200. The molecule has 0 radical (unpaired) electrons. The normalized spacial score (nSPS) is 20.3. The fourth-order valence-corrected chi connectivity index (χ4v) is 16.2. The Kier molecular flexibility index (Phi) is 24.5. The van der Waals surface area contributed by atoms with Gasteiger partial charge >= 0.3 is 5.97 Å². The maximum absolute atomic E-state index is 13.3. The summed E-state index contributed by atoms with van der Waals surface area (Å²) in [6.07, 6.45) is 5.44. The van der Waals surface area contributed by atoms with Crippen molar-refractivity contribution in [2.45, 2.75) is 123 Å². The van der Waals surface area contributed by atoms with E-state index in [-0.39, 0.29) is 38.5 Å². The number of rotatable bonds is 24. The molecule has 416 valence electrons. The molecule has 4 fully saturated rings. The molecule has 0 bridgehead atoms. The van der Waals surface area contributed by atoms with Gasteiger partial charge in [0.05, 0.1) is 45.4 Å². The molecule has 4 aliphatic heterocycles. The molecule has 9 N–H and O–H groups in total. The number of ketones is 2. The summed E-state index contributed by atoms with van der Waals surface area (Å²) in [7, 11) is 0. The second kappa shape index (κ2) is 30.1. The molecule has 76 heavy (non-hydrogen) atoms. The van der Waals surface area contributed by atoms with E-state index in [0.29, 0.717) is 49.8 Å². The summed E-state index contributed by atoms with van der Waals surface area (Å²) in [5.74, 6) is -3.25. The van der Waals surface area contributed by atoms with Crippen LogP contribution in [0.5, 0.6) is 0 Å². The van der Waals surface area contributed by atoms with E-state index >= 15 is 0 Å². The number of thioether (sulfide) groups is 4. The number of nitrogens with one attached hydrogen (secondary N) is 6. The van der Waals surface area contributed by atoms with E-state index in [9.17, 15) is 53.1 Å². The van der Waals surface area contributed by atoms with Gasteiger partial charge in [-0.05, 0) is 85.8 Å². The molecule has 2 aromatic rings. The Hall–Kier alpha value is -5.14. The molecule has 4 saturated heterocycles. The van der Waals surface area contributed by atoms with Crippen LogP contribution in [0, 0.1) is 0 Å². The van der Waals surface area contributed by atoms with Crippen molar-refractivity contribution in [2.24, 2.45) is 5.73 Å². The third-order valence-electron chi connectivity index (χ3n) is 13.3. The molecule has 2 unspecified atom stereocenters. The van der Waals surface area contributed by atoms with E-state index in [4.69, 9.17) is 5.73 Å². The fourth-order valence-electron chi connectivity index (χ4n) is 9.43. The molecule has 6 rings (SSSR count). The van der Waals surface area contributed by atoms with E-state index in [0.717, 1.165) is 55.5 Å². The number of carboxylic acids is 1. The minimum absolute atomic E-state index is 0.00616. The molecule has 0 aromatic heterocycles. The average molecular weight is 1130 g/mol. The number of likely N-dealkylation sites (tertiary alicyclic amines) is 2. The summed E-state index contributed by atoms with van der Waals surface area (Å²) in [6.45, 7) is 9.71. The van der Waals surface area contributed by atoms with Gasteiger partial charge in [-0.25, -0.2) is 4.79 Å². The topological polar surface area (TPSA) is 296 Å². The number of nitrogens with two attached hydrogens (primary N) is 1. The van der Waals surface area contributed by atoms with Crippen LogP contribution < -0.4 is 37.6 Å². The van der Waals surface area contributed by atoms with Crippen molar-refractivity contribution in [2.75, 3.05) is 62.3 Å². The number of benzene rings is 2. The van der Waals surface area contributed by atoms with Crippen molar-refractivity contribution in [3.05, 3.63) is 71.8 Å². The van der Waals surface area contributed by atoms with Gasteiger partial charge in [0.1, 0.15) is 6.04 Å². The Morgan fingerprint density at radius 1 is 0.579 bits per heavy atom. The summed E-state index contributed by atoms with van der Waals surface area (Å²) in [6, 6.07) is 11.5. The van der Waals surface area contributed by atoms with Gasteiger partial charge in [0, 0.05) is 13.1 Å². The molecule has 4 heterocycles. The Balaban J connectivity index is 0.000000281. The maximum atomic E-state index is 13.3. The van der Waals surface area contributed by atoms with Crippen LogP contribution in [-0.2, 0) is 47.9 Å². The number of hydrogen-bond acceptors (Lipinski definition) is 16. The maximum Gasteiger partial charge on any atom is 0.330 e. The number of likely N-dealkylation sites (N-methyl/N-ethyl adjacent to an activating group) is 2. The number of amides is 7. The predicted octanol–water partition coefficient (Wildman–Crippen LogP) is 2.52. The van der Waals surface area contributed by atoms with Gasteiger partial charge in [-0.15, -0.1) is 47.0 Å². The quantitative estimate of drug-likeness (QED) is 0.0701. The van der Waals surface area contributed by atoms with Gasteiger partial charge in [0.25, 0.3) is 11.8 Å². The fraction of sp³-hybridized carbons (Fsp3) is 0.577. The Labute approximate surface area is 461 Å². The van der Waals surface area contributed by atoms with Crippen molar-refractivity contribution in [3.8, 4) is 0 Å². The predicted molar refractivity (Wildman–Crippen MR) is 297 cm³/mol. The van der Waals surface area contributed by atoms with Crippen molar-refractivity contribution < 1.29 is 53.1 Å². The highest BCUT2D eigenvalue weighted by atomic mass is 32.2. The average Bonchev–Trinajstić information content (AvgIpc) is 3.97. The summed E-state index contributed by atoms with van der Waals surface area (Å²) in [5, 5.41) is 24.5. The SMILES string of the molecule is CCCC(NC(=O)[C@@H]1CC2(CN1CC)SCCCS2)C(=O)C(=O)NCC(=O)N[C@H](C(=O)O)c1ccccc1.CCCC(NC(=O)[C@@H]1CC2(CN1CC)SCCCS2)C(=O)C(=O)NCC(=O)N[C@H](C(N)=O)c1ccccc1. The first-order valence-electron chi connectivity index (χ1n) is 25.9. The minimum Gasteiger partial charge on any atom is -0.479 e. The van der Waals surface area contributed by atoms with Gasteiger partial charge < -0.3 is 42.7 Å². The summed E-state index contributed by atoms with van der Waals surface area (Å²) in [5.41, 5.74) is 6.29. The highest BCUT2D eigenvalue weighted by Gasteiger charge is 2.50. The van der Waals surface area contributed by atoms with Crippen LogP contribution >= 0.6 is 47.0 Å². The molecule has 7 amide bonds. The van der Waals surface area contributed by atoms with Crippen LogP contribution in [0.2, 0.25) is 0 Å². The third-order valence-corrected chi connectivity index (χ3v) is 20.0. The summed E-state index contributed by atoms with van der Waals surface area (Å²) in [4.78, 5) is 130. The first-order valence-corrected chi connectivity index (χ1v) is 29.8. The summed E-state index contributed by atoms with van der Waals surface area (Å²) < 4.78 is -0.0212. The van der Waals surface area contributed by atoms with Crippen molar-refractivity contribution in [1.29, 1.82) is 0 Å². The van der Waals surface area contributed by atoms with Gasteiger partial charge in [-0.2, -0.15) is 0 Å². The van der Waals surface area contributed by atoms with Crippen molar-refractivity contribution in [1.82, 2.24) is 41.7 Å². The van der Waals surface area contributed by atoms with Crippen LogP contribution in [0.25, 0.3) is 0 Å². The molecule has 2 spiro atoms. The first kappa shape index (κ1) is 61.7. The molecular weight excluding hydrogens is 1050 g/mol.